The molecule has 6 rings (SSSR count). The molecular weight excluding hydrogens is 246 g/mol. The Bertz CT molecular complexity index is 509. The quantitative estimate of drug-likeness (QED) is 0.780. The largest absolute Gasteiger partial charge is 0.314 e. The van der Waals surface area contributed by atoms with Crippen LogP contribution in [0.2, 0.25) is 0 Å². The number of rotatable bonds is 1. The first-order chi connectivity index (χ1) is 9.73. The van der Waals surface area contributed by atoms with Gasteiger partial charge in [-0.1, -0.05) is 6.92 Å². The third kappa shape index (κ3) is 1.47. The van der Waals surface area contributed by atoms with Crippen LogP contribution < -0.4 is 0 Å². The highest BCUT2D eigenvalue weighted by atomic mass is 15.3. The van der Waals surface area contributed by atoms with E-state index in [0.29, 0.717) is 11.3 Å². The van der Waals surface area contributed by atoms with E-state index in [-0.39, 0.29) is 0 Å². The molecule has 0 amide bonds. The van der Waals surface area contributed by atoms with Gasteiger partial charge in [-0.05, 0) is 69.1 Å². The molecule has 1 unspecified atom stereocenters. The van der Waals surface area contributed by atoms with E-state index in [1.54, 1.807) is 0 Å². The van der Waals surface area contributed by atoms with E-state index in [2.05, 4.69) is 16.6 Å². The zero-order chi connectivity index (χ0) is 13.3. The van der Waals surface area contributed by atoms with E-state index in [1.807, 2.05) is 0 Å². The Morgan fingerprint density at radius 2 is 1.65 bits per heavy atom. The lowest BCUT2D eigenvalue weighted by Crippen LogP contribution is -2.50. The number of aromatic nitrogens is 3. The monoisotopic (exact) mass is 271 g/mol. The van der Waals surface area contributed by atoms with Gasteiger partial charge in [-0.15, -0.1) is 10.2 Å². The molecule has 4 fully saturated rings. The smallest absolute Gasteiger partial charge is 0.139 e. The fraction of sp³-hybridized carbons (Fsp3) is 0.882. The summed E-state index contributed by atoms with van der Waals surface area (Å²) in [5.74, 6) is 6.26. The number of fused-ring (bicyclic) bond motifs is 1. The zero-order valence-electron chi connectivity index (χ0n) is 12.5. The minimum Gasteiger partial charge on any atom is -0.314 e. The summed E-state index contributed by atoms with van der Waals surface area (Å²) in [6, 6.07) is 0. The summed E-state index contributed by atoms with van der Waals surface area (Å²) in [6.07, 6.45) is 11.4. The van der Waals surface area contributed by atoms with Crippen molar-refractivity contribution < 1.29 is 0 Å². The molecule has 4 bridgehead atoms. The highest BCUT2D eigenvalue weighted by molar-refractivity contribution is 5.20. The minimum absolute atomic E-state index is 0.414. The van der Waals surface area contributed by atoms with Crippen molar-refractivity contribution in [3.8, 4) is 0 Å². The van der Waals surface area contributed by atoms with Gasteiger partial charge in [0.2, 0.25) is 0 Å². The molecule has 108 valence electrons. The Morgan fingerprint density at radius 1 is 1.00 bits per heavy atom. The second kappa shape index (κ2) is 3.86. The van der Waals surface area contributed by atoms with Gasteiger partial charge in [0.1, 0.15) is 11.6 Å². The van der Waals surface area contributed by atoms with Crippen molar-refractivity contribution in [2.75, 3.05) is 0 Å². The van der Waals surface area contributed by atoms with Crippen LogP contribution in [0.5, 0.6) is 0 Å². The van der Waals surface area contributed by atoms with Crippen LogP contribution in [0.1, 0.15) is 75.9 Å². The van der Waals surface area contributed by atoms with Gasteiger partial charge >= 0.3 is 0 Å². The van der Waals surface area contributed by atoms with Gasteiger partial charge in [-0.2, -0.15) is 0 Å². The molecule has 4 saturated carbocycles. The van der Waals surface area contributed by atoms with Gasteiger partial charge in [-0.25, -0.2) is 0 Å². The fourth-order valence-electron chi connectivity index (χ4n) is 6.36. The first-order valence-corrected chi connectivity index (χ1v) is 8.67. The van der Waals surface area contributed by atoms with E-state index < -0.39 is 0 Å². The maximum absolute atomic E-state index is 4.75. The lowest BCUT2D eigenvalue weighted by molar-refractivity contribution is -0.0114. The number of hydrogen-bond acceptors (Lipinski definition) is 2. The van der Waals surface area contributed by atoms with E-state index in [9.17, 15) is 0 Å². The highest BCUT2D eigenvalue weighted by Gasteiger charge is 2.54. The van der Waals surface area contributed by atoms with Gasteiger partial charge in [0.15, 0.2) is 0 Å². The van der Waals surface area contributed by atoms with Crippen LogP contribution in [0, 0.1) is 17.8 Å². The second-order valence-corrected chi connectivity index (χ2v) is 8.27. The Kier molecular flexibility index (Phi) is 2.27. The lowest BCUT2D eigenvalue weighted by atomic mass is 9.49. The molecule has 0 N–H and O–H groups in total. The molecular formula is C17H25N3. The van der Waals surface area contributed by atoms with Gasteiger partial charge in [0.05, 0.1) is 0 Å². The first-order valence-electron chi connectivity index (χ1n) is 8.67. The van der Waals surface area contributed by atoms with E-state index in [1.165, 1.54) is 69.6 Å². The highest BCUT2D eigenvalue weighted by Crippen LogP contribution is 2.60. The van der Waals surface area contributed by atoms with Gasteiger partial charge < -0.3 is 4.57 Å². The Labute approximate surface area is 121 Å². The first kappa shape index (κ1) is 11.8. The summed E-state index contributed by atoms with van der Waals surface area (Å²) in [6.45, 7) is 3.49. The predicted octanol–water partition coefficient (Wildman–Crippen LogP) is 3.64. The van der Waals surface area contributed by atoms with Crippen molar-refractivity contribution in [3.63, 3.8) is 0 Å². The molecule has 1 aromatic rings. The summed E-state index contributed by atoms with van der Waals surface area (Å²) in [5.41, 5.74) is 0.414. The van der Waals surface area contributed by atoms with Crippen molar-refractivity contribution in [2.45, 2.75) is 76.2 Å². The summed E-state index contributed by atoms with van der Waals surface area (Å²) in [4.78, 5) is 0. The van der Waals surface area contributed by atoms with Crippen LogP contribution in [0.3, 0.4) is 0 Å². The summed E-state index contributed by atoms with van der Waals surface area (Å²) in [7, 11) is 0. The SMILES string of the molecule is CC1CCCn2c1nnc2C12CC3CC(CC(C3)C1)C2. The molecule has 5 aliphatic rings. The topological polar surface area (TPSA) is 30.7 Å². The van der Waals surface area contributed by atoms with Crippen LogP contribution in [0.15, 0.2) is 0 Å². The summed E-state index contributed by atoms with van der Waals surface area (Å²) in [5, 5.41) is 9.36. The van der Waals surface area contributed by atoms with Crippen molar-refractivity contribution in [1.82, 2.24) is 14.8 Å². The molecule has 1 aromatic heterocycles. The lowest BCUT2D eigenvalue weighted by Gasteiger charge is -2.56. The average Bonchev–Trinajstić information content (AvgIpc) is 2.83. The zero-order valence-corrected chi connectivity index (χ0v) is 12.5. The number of hydrogen-bond donors (Lipinski definition) is 0. The molecule has 1 atom stereocenters. The van der Waals surface area contributed by atoms with E-state index in [0.717, 1.165) is 17.8 Å². The normalized spacial score (nSPS) is 45.6. The number of nitrogens with zero attached hydrogens (tertiary/aromatic N) is 3. The molecule has 20 heavy (non-hydrogen) atoms. The summed E-state index contributed by atoms with van der Waals surface area (Å²) < 4.78 is 2.53. The molecule has 4 aliphatic carbocycles. The molecule has 0 saturated heterocycles. The van der Waals surface area contributed by atoms with Crippen LogP contribution in [0.25, 0.3) is 0 Å². The van der Waals surface area contributed by atoms with Crippen molar-refractivity contribution in [2.24, 2.45) is 17.8 Å². The van der Waals surface area contributed by atoms with Crippen molar-refractivity contribution >= 4 is 0 Å². The van der Waals surface area contributed by atoms with E-state index >= 15 is 0 Å². The summed E-state index contributed by atoms with van der Waals surface area (Å²) >= 11 is 0. The molecule has 0 spiro atoms. The third-order valence-electron chi connectivity index (χ3n) is 6.75. The maximum Gasteiger partial charge on any atom is 0.139 e. The molecule has 3 nitrogen and oxygen atoms in total. The molecule has 2 heterocycles. The molecule has 0 radical (unpaired) electrons. The van der Waals surface area contributed by atoms with Crippen LogP contribution in [-0.4, -0.2) is 14.8 Å². The predicted molar refractivity (Wildman–Crippen MR) is 77.5 cm³/mol. The Hall–Kier alpha value is -0.860. The van der Waals surface area contributed by atoms with Crippen molar-refractivity contribution in [3.05, 3.63) is 11.6 Å². The van der Waals surface area contributed by atoms with Crippen LogP contribution >= 0.6 is 0 Å². The van der Waals surface area contributed by atoms with E-state index in [4.69, 9.17) is 5.10 Å². The standard InChI is InChI=1S/C17H25N3/c1-11-3-2-4-20-15(11)18-19-16(20)17-8-12-5-13(9-17)7-14(6-12)10-17/h11-14H,2-10H2,1H3. The fourth-order valence-corrected chi connectivity index (χ4v) is 6.36. The third-order valence-corrected chi connectivity index (χ3v) is 6.75. The Balaban J connectivity index is 1.60. The maximum atomic E-state index is 4.75. The van der Waals surface area contributed by atoms with Crippen molar-refractivity contribution in [1.29, 1.82) is 0 Å². The van der Waals surface area contributed by atoms with Crippen LogP contribution in [-0.2, 0) is 12.0 Å². The molecule has 3 heteroatoms. The molecule has 1 aliphatic heterocycles. The second-order valence-electron chi connectivity index (χ2n) is 8.27. The minimum atomic E-state index is 0.414. The van der Waals surface area contributed by atoms with Gasteiger partial charge in [0.25, 0.3) is 0 Å². The van der Waals surface area contributed by atoms with Gasteiger partial charge in [-0.3, -0.25) is 0 Å². The van der Waals surface area contributed by atoms with Crippen LogP contribution in [0.4, 0.5) is 0 Å². The molecule has 0 aromatic carbocycles. The Morgan fingerprint density at radius 3 is 2.30 bits per heavy atom. The average molecular weight is 271 g/mol. The van der Waals surface area contributed by atoms with Gasteiger partial charge in [0, 0.05) is 17.9 Å².